The lowest BCUT2D eigenvalue weighted by atomic mass is 9.96. The van der Waals surface area contributed by atoms with E-state index < -0.39 is 10.4 Å². The van der Waals surface area contributed by atoms with Crippen molar-refractivity contribution < 1.29 is 21.6 Å². The fraction of sp³-hybridized carbons (Fsp3) is 0.786. The van der Waals surface area contributed by atoms with Gasteiger partial charge in [-0.2, -0.15) is 8.42 Å². The predicted octanol–water partition coefficient (Wildman–Crippen LogP) is 7.89. The highest BCUT2D eigenvalue weighted by molar-refractivity contribution is 7.80. The third kappa shape index (κ3) is 15.9. The largest absolute Gasteiger partial charge is 0.397 e. The van der Waals surface area contributed by atoms with Gasteiger partial charge in [0, 0.05) is 18.4 Å². The van der Waals surface area contributed by atoms with Crippen molar-refractivity contribution in [2.45, 2.75) is 116 Å². The maximum absolute atomic E-state index is 10.8. The molecule has 0 bridgehead atoms. The molecule has 0 saturated carbocycles. The fourth-order valence-corrected chi connectivity index (χ4v) is 5.25. The molecule has 0 radical (unpaired) electrons. The van der Waals surface area contributed by atoms with E-state index in [9.17, 15) is 8.42 Å². The summed E-state index contributed by atoms with van der Waals surface area (Å²) >= 11 is 0. The van der Waals surface area contributed by atoms with Crippen LogP contribution in [0.2, 0.25) is 0 Å². The van der Waals surface area contributed by atoms with E-state index in [2.05, 4.69) is 49.5 Å². The summed E-state index contributed by atoms with van der Waals surface area (Å²) in [6, 6.07) is 11.0. The van der Waals surface area contributed by atoms with Gasteiger partial charge in [0.2, 0.25) is 0 Å². The second kappa shape index (κ2) is 18.3. The molecule has 0 heterocycles. The molecule has 0 spiro atoms. The van der Waals surface area contributed by atoms with Crippen LogP contribution < -0.4 is 0 Å². The molecule has 1 aromatic carbocycles. The standard InChI is InChI=1S/C28H51NO4S/c1-4-5-6-7-8-9-10-11-12-13-14-15-16-20-24-28(27-22-18-17-19-23-27)29(2,3)25-21-26-33-34(30,31)32/h17-19,22-23,28H,4-16,20-21,24-26H2,1-3H3/p+1. The van der Waals surface area contributed by atoms with Crippen molar-refractivity contribution in [1.29, 1.82) is 0 Å². The molecule has 1 aromatic rings. The third-order valence-electron chi connectivity index (χ3n) is 6.97. The summed E-state index contributed by atoms with van der Waals surface area (Å²) in [6.07, 6.45) is 20.8. The van der Waals surface area contributed by atoms with Crippen molar-refractivity contribution in [2.75, 3.05) is 27.2 Å². The molecule has 0 aliphatic carbocycles. The van der Waals surface area contributed by atoms with Crippen molar-refractivity contribution in [2.24, 2.45) is 0 Å². The molecule has 6 heteroatoms. The lowest BCUT2D eigenvalue weighted by Gasteiger charge is -2.38. The fourth-order valence-electron chi connectivity index (χ4n) is 4.92. The number of hydrogen-bond acceptors (Lipinski definition) is 3. The summed E-state index contributed by atoms with van der Waals surface area (Å²) in [7, 11) is 0.0485. The van der Waals surface area contributed by atoms with Gasteiger partial charge < -0.3 is 4.48 Å². The van der Waals surface area contributed by atoms with Crippen LogP contribution in [0, 0.1) is 0 Å². The van der Waals surface area contributed by atoms with Crippen LogP contribution in [0.3, 0.4) is 0 Å². The first-order valence-electron chi connectivity index (χ1n) is 13.8. The average Bonchev–Trinajstić information content (AvgIpc) is 2.79. The van der Waals surface area contributed by atoms with Gasteiger partial charge in [0.15, 0.2) is 0 Å². The molecule has 34 heavy (non-hydrogen) atoms. The normalized spacial score (nSPS) is 13.3. The Morgan fingerprint density at radius 3 is 1.71 bits per heavy atom. The second-order valence-corrected chi connectivity index (χ2v) is 11.5. The second-order valence-electron chi connectivity index (χ2n) is 10.4. The number of benzene rings is 1. The Morgan fingerprint density at radius 1 is 0.765 bits per heavy atom. The number of nitrogens with zero attached hydrogens (tertiary/aromatic N) is 1. The van der Waals surface area contributed by atoms with E-state index in [0.29, 0.717) is 12.5 Å². The van der Waals surface area contributed by atoms with Gasteiger partial charge in [-0.05, 0) is 6.42 Å². The lowest BCUT2D eigenvalue weighted by Crippen LogP contribution is -2.44. The maximum atomic E-state index is 10.8. The predicted molar refractivity (Wildman–Crippen MR) is 143 cm³/mol. The molecule has 1 N–H and O–H groups in total. The van der Waals surface area contributed by atoms with E-state index in [1.165, 1.54) is 95.5 Å². The Balaban J connectivity index is 2.26. The Labute approximate surface area is 210 Å². The minimum Gasteiger partial charge on any atom is -0.322 e. The summed E-state index contributed by atoms with van der Waals surface area (Å²) in [5, 5.41) is 0. The molecule has 1 rings (SSSR count). The Kier molecular flexibility index (Phi) is 16.8. The van der Waals surface area contributed by atoms with Gasteiger partial charge in [-0.15, -0.1) is 0 Å². The number of unbranched alkanes of at least 4 members (excludes halogenated alkanes) is 13. The zero-order chi connectivity index (χ0) is 25.1. The molecule has 1 unspecified atom stereocenters. The zero-order valence-corrected chi connectivity index (χ0v) is 23.0. The van der Waals surface area contributed by atoms with Crippen LogP contribution in [0.15, 0.2) is 30.3 Å². The van der Waals surface area contributed by atoms with Crippen LogP contribution in [-0.2, 0) is 14.6 Å². The molecule has 0 amide bonds. The topological polar surface area (TPSA) is 63.6 Å². The lowest BCUT2D eigenvalue weighted by molar-refractivity contribution is -0.921. The highest BCUT2D eigenvalue weighted by Gasteiger charge is 2.29. The van der Waals surface area contributed by atoms with Crippen LogP contribution >= 0.6 is 0 Å². The summed E-state index contributed by atoms with van der Waals surface area (Å²) < 4.78 is 35.7. The van der Waals surface area contributed by atoms with Crippen LogP contribution in [0.5, 0.6) is 0 Å². The number of hydrogen-bond donors (Lipinski definition) is 1. The first-order chi connectivity index (χ1) is 16.3. The van der Waals surface area contributed by atoms with Gasteiger partial charge in [0.25, 0.3) is 0 Å². The maximum Gasteiger partial charge on any atom is 0.397 e. The molecule has 5 nitrogen and oxygen atoms in total. The van der Waals surface area contributed by atoms with Gasteiger partial charge >= 0.3 is 10.4 Å². The van der Waals surface area contributed by atoms with Crippen molar-refractivity contribution in [3.63, 3.8) is 0 Å². The van der Waals surface area contributed by atoms with Crippen LogP contribution in [0.1, 0.15) is 121 Å². The molecule has 0 fully saturated rings. The highest BCUT2D eigenvalue weighted by atomic mass is 32.3. The van der Waals surface area contributed by atoms with E-state index in [0.717, 1.165) is 17.4 Å². The highest BCUT2D eigenvalue weighted by Crippen LogP contribution is 2.31. The van der Waals surface area contributed by atoms with Gasteiger partial charge in [0.1, 0.15) is 6.04 Å². The summed E-state index contributed by atoms with van der Waals surface area (Å²) in [6.45, 7) is 3.08. The van der Waals surface area contributed by atoms with E-state index in [-0.39, 0.29) is 6.61 Å². The summed E-state index contributed by atoms with van der Waals surface area (Å²) in [4.78, 5) is 0. The molecule has 0 saturated heterocycles. The van der Waals surface area contributed by atoms with Gasteiger partial charge in [-0.3, -0.25) is 4.55 Å². The monoisotopic (exact) mass is 498 g/mol. The SMILES string of the molecule is CCCCCCCCCCCCCCCCC(c1ccccc1)[N+](C)(C)CCCOS(=O)(=O)O. The van der Waals surface area contributed by atoms with Crippen molar-refractivity contribution >= 4 is 10.4 Å². The number of rotatable bonds is 22. The molecule has 0 aromatic heterocycles. The summed E-state index contributed by atoms with van der Waals surface area (Å²) in [5.74, 6) is 0. The van der Waals surface area contributed by atoms with Gasteiger partial charge in [0.05, 0.1) is 27.2 Å². The van der Waals surface area contributed by atoms with Crippen LogP contribution in [-0.4, -0.2) is 44.7 Å². The van der Waals surface area contributed by atoms with E-state index in [1.807, 2.05) is 6.07 Å². The van der Waals surface area contributed by atoms with Crippen molar-refractivity contribution in [3.8, 4) is 0 Å². The Morgan fingerprint density at radius 2 is 1.24 bits per heavy atom. The van der Waals surface area contributed by atoms with Crippen LogP contribution in [0.4, 0.5) is 0 Å². The molecule has 0 aliphatic rings. The average molecular weight is 499 g/mol. The van der Waals surface area contributed by atoms with E-state index >= 15 is 0 Å². The number of quaternary nitrogens is 1. The summed E-state index contributed by atoms with van der Waals surface area (Å²) in [5.41, 5.74) is 1.33. The third-order valence-corrected chi connectivity index (χ3v) is 7.43. The zero-order valence-electron chi connectivity index (χ0n) is 22.2. The molecule has 198 valence electrons. The molecule has 1 atom stereocenters. The van der Waals surface area contributed by atoms with Crippen molar-refractivity contribution in [3.05, 3.63) is 35.9 Å². The first-order valence-corrected chi connectivity index (χ1v) is 15.1. The molecular weight excluding hydrogens is 446 g/mol. The molecular formula is C28H52NO4S+. The Bertz CT molecular complexity index is 706. The van der Waals surface area contributed by atoms with Gasteiger partial charge in [-0.1, -0.05) is 121 Å². The minimum absolute atomic E-state index is 0.0148. The van der Waals surface area contributed by atoms with E-state index in [1.54, 1.807) is 0 Å². The Hall–Kier alpha value is -0.950. The van der Waals surface area contributed by atoms with Gasteiger partial charge in [-0.25, -0.2) is 4.18 Å². The van der Waals surface area contributed by atoms with Crippen LogP contribution in [0.25, 0.3) is 0 Å². The van der Waals surface area contributed by atoms with E-state index in [4.69, 9.17) is 4.55 Å². The molecule has 0 aliphatic heterocycles. The quantitative estimate of drug-likeness (QED) is 0.100. The minimum atomic E-state index is -4.36. The smallest absolute Gasteiger partial charge is 0.322 e. The van der Waals surface area contributed by atoms with Crippen molar-refractivity contribution in [1.82, 2.24) is 0 Å². The first kappa shape index (κ1) is 31.1.